The summed E-state index contributed by atoms with van der Waals surface area (Å²) in [6.07, 6.45) is 7.75. The molecule has 2 aromatic rings. The van der Waals surface area contributed by atoms with Crippen LogP contribution in [-0.2, 0) is 6.42 Å². The van der Waals surface area contributed by atoms with Crippen LogP contribution in [0.2, 0.25) is 0 Å². The van der Waals surface area contributed by atoms with Crippen molar-refractivity contribution in [1.29, 1.82) is 0 Å². The average molecular weight is 365 g/mol. The highest BCUT2D eigenvalue weighted by atomic mass is 16.2. The van der Waals surface area contributed by atoms with Gasteiger partial charge in [-0.15, -0.1) is 0 Å². The zero-order valence-electron chi connectivity index (χ0n) is 15.8. The predicted octanol–water partition coefficient (Wildman–Crippen LogP) is 4.35. The molecule has 0 unspecified atom stereocenters. The van der Waals surface area contributed by atoms with Gasteiger partial charge in [0.2, 0.25) is 0 Å². The Hall–Kier alpha value is -2.69. The molecule has 1 aromatic carbocycles. The number of carbonyl (C=O) groups excluding carboxylic acids is 2. The van der Waals surface area contributed by atoms with Crippen LogP contribution in [0.1, 0.15) is 72.0 Å². The topological polar surface area (TPSA) is 71.1 Å². The zero-order valence-corrected chi connectivity index (χ0v) is 15.8. The number of nitrogens with zero attached hydrogens (tertiary/aromatic N) is 1. The van der Waals surface area contributed by atoms with E-state index in [-0.39, 0.29) is 29.2 Å². The molecule has 1 aliphatic carbocycles. The smallest absolute Gasteiger partial charge is 0.274 e. The lowest BCUT2D eigenvalue weighted by molar-refractivity contribution is 0.0928. The maximum atomic E-state index is 12.5. The molecule has 2 amide bonds. The number of amides is 2. The first kappa shape index (κ1) is 19.1. The Balaban J connectivity index is 1.64. The Kier molecular flexibility index (Phi) is 6.58. The lowest BCUT2D eigenvalue weighted by Crippen LogP contribution is -2.35. The molecule has 0 atom stereocenters. The summed E-state index contributed by atoms with van der Waals surface area (Å²) in [5.41, 5.74) is 2.45. The molecule has 142 valence electrons. The van der Waals surface area contributed by atoms with Crippen LogP contribution in [0.15, 0.2) is 42.5 Å². The monoisotopic (exact) mass is 365 g/mol. The van der Waals surface area contributed by atoms with Crippen molar-refractivity contribution in [2.45, 2.75) is 57.9 Å². The van der Waals surface area contributed by atoms with Crippen molar-refractivity contribution in [3.05, 3.63) is 59.4 Å². The Morgan fingerprint density at radius 3 is 2.19 bits per heavy atom. The Labute approximate surface area is 160 Å². The summed E-state index contributed by atoms with van der Waals surface area (Å²) in [6.45, 7) is 2.09. The lowest BCUT2D eigenvalue weighted by Gasteiger charge is -2.16. The van der Waals surface area contributed by atoms with Gasteiger partial charge < -0.3 is 10.6 Å². The molecule has 0 radical (unpaired) electrons. The van der Waals surface area contributed by atoms with Gasteiger partial charge in [-0.3, -0.25) is 9.59 Å². The number of aryl methyl sites for hydroxylation is 1. The molecule has 5 nitrogen and oxygen atoms in total. The third-order valence-electron chi connectivity index (χ3n) is 5.02. The number of hydrogen-bond acceptors (Lipinski definition) is 3. The minimum atomic E-state index is -0.316. The Morgan fingerprint density at radius 2 is 1.56 bits per heavy atom. The van der Waals surface area contributed by atoms with E-state index in [1.54, 1.807) is 18.2 Å². The van der Waals surface area contributed by atoms with Crippen molar-refractivity contribution in [3.63, 3.8) is 0 Å². The summed E-state index contributed by atoms with van der Waals surface area (Å²) < 4.78 is 0. The molecule has 27 heavy (non-hydrogen) atoms. The van der Waals surface area contributed by atoms with Gasteiger partial charge in [0.05, 0.1) is 0 Å². The second kappa shape index (κ2) is 9.31. The van der Waals surface area contributed by atoms with Gasteiger partial charge in [0.25, 0.3) is 11.8 Å². The van der Waals surface area contributed by atoms with Crippen molar-refractivity contribution in [1.82, 2.24) is 10.3 Å². The van der Waals surface area contributed by atoms with Crippen LogP contribution in [0, 0.1) is 0 Å². The first-order chi connectivity index (χ1) is 13.2. The standard InChI is InChI=1S/C22H27N3O2/c1-2-16-12-14-18(15-13-16)24-22(27)20-11-7-10-19(25-20)21(26)23-17-8-5-3-4-6-9-17/h7,10-15,17H,2-6,8-9H2,1H3,(H,23,26)(H,24,27). The number of rotatable bonds is 5. The predicted molar refractivity (Wildman–Crippen MR) is 107 cm³/mol. The fraction of sp³-hybridized carbons (Fsp3) is 0.409. The molecule has 0 aliphatic heterocycles. The molecular weight excluding hydrogens is 338 g/mol. The van der Waals surface area contributed by atoms with E-state index in [1.807, 2.05) is 24.3 Å². The summed E-state index contributed by atoms with van der Waals surface area (Å²) in [5.74, 6) is -0.521. The van der Waals surface area contributed by atoms with Crippen molar-refractivity contribution >= 4 is 17.5 Å². The number of benzene rings is 1. The molecule has 1 aliphatic rings. The summed E-state index contributed by atoms with van der Waals surface area (Å²) in [6, 6.07) is 12.9. The molecular formula is C22H27N3O2. The van der Waals surface area contributed by atoms with E-state index in [1.165, 1.54) is 18.4 Å². The van der Waals surface area contributed by atoms with Gasteiger partial charge in [0.1, 0.15) is 11.4 Å². The van der Waals surface area contributed by atoms with Gasteiger partial charge >= 0.3 is 0 Å². The molecule has 1 heterocycles. The van der Waals surface area contributed by atoms with E-state index in [0.29, 0.717) is 5.69 Å². The highest BCUT2D eigenvalue weighted by molar-refractivity contribution is 6.03. The third kappa shape index (κ3) is 5.39. The highest BCUT2D eigenvalue weighted by Gasteiger charge is 2.18. The van der Waals surface area contributed by atoms with E-state index in [9.17, 15) is 9.59 Å². The molecule has 2 N–H and O–H groups in total. The summed E-state index contributed by atoms with van der Waals surface area (Å²) >= 11 is 0. The van der Waals surface area contributed by atoms with Gasteiger partial charge in [0.15, 0.2) is 0 Å². The maximum Gasteiger partial charge on any atom is 0.274 e. The molecule has 0 bridgehead atoms. The second-order valence-electron chi connectivity index (χ2n) is 7.07. The number of aromatic nitrogens is 1. The van der Waals surface area contributed by atoms with Crippen LogP contribution in [0.5, 0.6) is 0 Å². The van der Waals surface area contributed by atoms with Crippen LogP contribution in [-0.4, -0.2) is 22.8 Å². The van der Waals surface area contributed by atoms with Crippen LogP contribution >= 0.6 is 0 Å². The van der Waals surface area contributed by atoms with Gasteiger partial charge in [-0.1, -0.05) is 50.8 Å². The summed E-state index contributed by atoms with van der Waals surface area (Å²) in [7, 11) is 0. The molecule has 1 saturated carbocycles. The van der Waals surface area contributed by atoms with Crippen molar-refractivity contribution in [2.75, 3.05) is 5.32 Å². The highest BCUT2D eigenvalue weighted by Crippen LogP contribution is 2.17. The maximum absolute atomic E-state index is 12.5. The summed E-state index contributed by atoms with van der Waals surface area (Å²) in [4.78, 5) is 29.3. The van der Waals surface area contributed by atoms with Gasteiger partial charge in [-0.25, -0.2) is 4.98 Å². The van der Waals surface area contributed by atoms with Crippen LogP contribution in [0.25, 0.3) is 0 Å². The normalized spacial score (nSPS) is 15.0. The van der Waals surface area contributed by atoms with Crippen molar-refractivity contribution in [3.8, 4) is 0 Å². The van der Waals surface area contributed by atoms with Crippen molar-refractivity contribution < 1.29 is 9.59 Å². The molecule has 0 spiro atoms. The Morgan fingerprint density at radius 1 is 0.926 bits per heavy atom. The van der Waals surface area contributed by atoms with E-state index in [0.717, 1.165) is 32.1 Å². The molecule has 1 fully saturated rings. The number of anilines is 1. The number of hydrogen-bond donors (Lipinski definition) is 2. The van der Waals surface area contributed by atoms with Crippen molar-refractivity contribution in [2.24, 2.45) is 0 Å². The molecule has 5 heteroatoms. The van der Waals surface area contributed by atoms with Crippen LogP contribution < -0.4 is 10.6 Å². The quantitative estimate of drug-likeness (QED) is 0.774. The van der Waals surface area contributed by atoms with Crippen LogP contribution in [0.4, 0.5) is 5.69 Å². The number of nitrogens with one attached hydrogen (secondary N) is 2. The van der Waals surface area contributed by atoms with Crippen LogP contribution in [0.3, 0.4) is 0 Å². The average Bonchev–Trinajstić information content (AvgIpc) is 2.97. The Bertz CT molecular complexity index is 778. The minimum Gasteiger partial charge on any atom is -0.348 e. The number of pyridine rings is 1. The second-order valence-corrected chi connectivity index (χ2v) is 7.07. The minimum absolute atomic E-state index is 0.205. The largest absolute Gasteiger partial charge is 0.348 e. The zero-order chi connectivity index (χ0) is 19.1. The molecule has 1 aromatic heterocycles. The number of carbonyl (C=O) groups is 2. The molecule has 3 rings (SSSR count). The first-order valence-corrected chi connectivity index (χ1v) is 9.84. The first-order valence-electron chi connectivity index (χ1n) is 9.84. The van der Waals surface area contributed by atoms with Gasteiger partial charge in [-0.2, -0.15) is 0 Å². The van der Waals surface area contributed by atoms with E-state index < -0.39 is 0 Å². The van der Waals surface area contributed by atoms with Gasteiger partial charge in [-0.05, 0) is 49.1 Å². The van der Waals surface area contributed by atoms with E-state index >= 15 is 0 Å². The SMILES string of the molecule is CCc1ccc(NC(=O)c2cccc(C(=O)NC3CCCCCC3)n2)cc1. The summed E-state index contributed by atoms with van der Waals surface area (Å²) in [5, 5.41) is 5.90. The fourth-order valence-corrected chi connectivity index (χ4v) is 3.39. The lowest BCUT2D eigenvalue weighted by atomic mass is 10.1. The third-order valence-corrected chi connectivity index (χ3v) is 5.02. The van der Waals surface area contributed by atoms with E-state index in [2.05, 4.69) is 22.5 Å². The fourth-order valence-electron chi connectivity index (χ4n) is 3.39. The molecule has 0 saturated heterocycles. The van der Waals surface area contributed by atoms with E-state index in [4.69, 9.17) is 0 Å². The van der Waals surface area contributed by atoms with Gasteiger partial charge in [0, 0.05) is 11.7 Å².